The third-order valence-electron chi connectivity index (χ3n) is 4.67. The van der Waals surface area contributed by atoms with Gasteiger partial charge in [0.05, 0.1) is 17.3 Å². The minimum Gasteiger partial charge on any atom is -0.444 e. The van der Waals surface area contributed by atoms with E-state index in [2.05, 4.69) is 15.5 Å². The highest BCUT2D eigenvalue weighted by Gasteiger charge is 2.26. The molecule has 0 spiro atoms. The van der Waals surface area contributed by atoms with Crippen molar-refractivity contribution in [3.8, 4) is 0 Å². The largest absolute Gasteiger partial charge is 0.444 e. The lowest BCUT2D eigenvalue weighted by Gasteiger charge is -2.35. The summed E-state index contributed by atoms with van der Waals surface area (Å²) in [6.45, 7) is 11.0. The van der Waals surface area contributed by atoms with Crippen LogP contribution in [0, 0.1) is 13.8 Å². The maximum atomic E-state index is 12.6. The van der Waals surface area contributed by atoms with E-state index in [1.54, 1.807) is 0 Å². The summed E-state index contributed by atoms with van der Waals surface area (Å²) < 4.78 is 5.30. The smallest absolute Gasteiger partial charge is 0.407 e. The molecule has 1 heterocycles. The number of anilines is 1. The van der Waals surface area contributed by atoms with Crippen LogP contribution in [0.25, 0.3) is 0 Å². The number of ether oxygens (including phenoxy) is 1. The number of hydrogen-bond donors (Lipinski definition) is 2. The number of carbonyl (C=O) groups excluding carboxylic acids is 2. The number of piperidine rings is 1. The molecule has 0 aromatic heterocycles. The average molecular weight is 410 g/mol. The zero-order valence-electron chi connectivity index (χ0n) is 17.5. The molecule has 2 rings (SSSR count). The first-order valence-corrected chi connectivity index (χ1v) is 10.2. The van der Waals surface area contributed by atoms with Crippen molar-refractivity contribution in [1.29, 1.82) is 0 Å². The Balaban J connectivity index is 1.93. The maximum absolute atomic E-state index is 12.6. The minimum absolute atomic E-state index is 0.0991. The number of alkyl carbamates (subject to hydrolysis) is 1. The Labute approximate surface area is 172 Å². The first-order chi connectivity index (χ1) is 13.0. The third kappa shape index (κ3) is 6.99. The Morgan fingerprint density at radius 1 is 1.25 bits per heavy atom. The lowest BCUT2D eigenvalue weighted by atomic mass is 10.0. The Hall–Kier alpha value is -1.79. The summed E-state index contributed by atoms with van der Waals surface area (Å²) in [5.74, 6) is -0.0991. The summed E-state index contributed by atoms with van der Waals surface area (Å²) in [7, 11) is 0. The van der Waals surface area contributed by atoms with Crippen LogP contribution in [0.15, 0.2) is 12.1 Å². The molecule has 0 radical (unpaired) electrons. The third-order valence-corrected chi connectivity index (χ3v) is 4.97. The molecule has 1 unspecified atom stereocenters. The number of aryl methyl sites for hydroxylation is 2. The minimum atomic E-state index is -0.526. The molecule has 0 saturated carbocycles. The van der Waals surface area contributed by atoms with Crippen LogP contribution in [0.1, 0.15) is 51.2 Å². The molecular weight excluding hydrogens is 378 g/mol. The molecule has 28 heavy (non-hydrogen) atoms. The fourth-order valence-electron chi connectivity index (χ4n) is 3.45. The topological polar surface area (TPSA) is 70.7 Å². The first kappa shape index (κ1) is 22.5. The van der Waals surface area contributed by atoms with Gasteiger partial charge in [0, 0.05) is 12.6 Å². The van der Waals surface area contributed by atoms with Gasteiger partial charge in [-0.3, -0.25) is 9.69 Å². The molecular formula is C21H32ClN3O3. The van der Waals surface area contributed by atoms with Crippen LogP contribution in [-0.2, 0) is 9.53 Å². The number of hydrogen-bond acceptors (Lipinski definition) is 4. The molecule has 0 bridgehead atoms. The number of halogens is 1. The van der Waals surface area contributed by atoms with E-state index in [0.717, 1.165) is 36.9 Å². The van der Waals surface area contributed by atoms with Crippen LogP contribution in [0.3, 0.4) is 0 Å². The number of benzene rings is 1. The van der Waals surface area contributed by atoms with Crippen molar-refractivity contribution in [2.45, 2.75) is 65.5 Å². The quantitative estimate of drug-likeness (QED) is 0.761. The zero-order valence-corrected chi connectivity index (χ0v) is 18.3. The summed E-state index contributed by atoms with van der Waals surface area (Å²) in [6.07, 6.45) is 2.64. The molecule has 1 atom stereocenters. The van der Waals surface area contributed by atoms with E-state index in [1.807, 2.05) is 46.8 Å². The molecule has 1 aliphatic heterocycles. The number of amides is 2. The van der Waals surface area contributed by atoms with Crippen molar-refractivity contribution in [3.05, 3.63) is 28.3 Å². The second-order valence-corrected chi connectivity index (χ2v) is 8.90. The Kier molecular flexibility index (Phi) is 7.72. The SMILES string of the molecule is Cc1cc(C)c(NC(=O)CN2CCCCC2CNC(=O)OC(C)(C)C)c(Cl)c1. The van der Waals surface area contributed by atoms with Gasteiger partial charge in [-0.15, -0.1) is 0 Å². The number of nitrogens with zero attached hydrogens (tertiary/aromatic N) is 1. The predicted octanol–water partition coefficient (Wildman–Crippen LogP) is 4.27. The van der Waals surface area contributed by atoms with Gasteiger partial charge >= 0.3 is 6.09 Å². The van der Waals surface area contributed by atoms with E-state index in [0.29, 0.717) is 17.3 Å². The second kappa shape index (κ2) is 9.61. The van der Waals surface area contributed by atoms with E-state index >= 15 is 0 Å². The van der Waals surface area contributed by atoms with Crippen molar-refractivity contribution < 1.29 is 14.3 Å². The highest BCUT2D eigenvalue weighted by atomic mass is 35.5. The molecule has 0 aliphatic carbocycles. The van der Waals surface area contributed by atoms with Gasteiger partial charge in [-0.05, 0) is 71.2 Å². The van der Waals surface area contributed by atoms with Crippen LogP contribution in [0.4, 0.5) is 10.5 Å². The fraction of sp³-hybridized carbons (Fsp3) is 0.619. The van der Waals surface area contributed by atoms with Crippen LogP contribution >= 0.6 is 11.6 Å². The average Bonchev–Trinajstić information content (AvgIpc) is 2.56. The summed E-state index contributed by atoms with van der Waals surface area (Å²) in [5.41, 5.74) is 2.14. The van der Waals surface area contributed by atoms with Crippen LogP contribution in [0.5, 0.6) is 0 Å². The molecule has 156 valence electrons. The van der Waals surface area contributed by atoms with Crippen molar-refractivity contribution in [2.75, 3.05) is 25.0 Å². The van der Waals surface area contributed by atoms with Crippen LogP contribution in [0.2, 0.25) is 5.02 Å². The van der Waals surface area contributed by atoms with E-state index in [9.17, 15) is 9.59 Å². The molecule has 1 fully saturated rings. The standard InChI is InChI=1S/C21H32ClN3O3/c1-14-10-15(2)19(17(22)11-14)24-18(26)13-25-9-7-6-8-16(25)12-23-20(27)28-21(3,4)5/h10-11,16H,6-9,12-13H2,1-5H3,(H,23,27)(H,24,26). The number of nitrogens with one attached hydrogen (secondary N) is 2. The van der Waals surface area contributed by atoms with Crippen molar-refractivity contribution in [2.24, 2.45) is 0 Å². The summed E-state index contributed by atoms with van der Waals surface area (Å²) in [5, 5.41) is 6.32. The second-order valence-electron chi connectivity index (χ2n) is 8.49. The number of rotatable bonds is 5. The highest BCUT2D eigenvalue weighted by molar-refractivity contribution is 6.34. The van der Waals surface area contributed by atoms with E-state index in [4.69, 9.17) is 16.3 Å². The predicted molar refractivity (Wildman–Crippen MR) is 113 cm³/mol. The van der Waals surface area contributed by atoms with E-state index in [-0.39, 0.29) is 18.5 Å². The van der Waals surface area contributed by atoms with Crippen LogP contribution < -0.4 is 10.6 Å². The molecule has 6 nitrogen and oxygen atoms in total. The molecule has 1 aromatic carbocycles. The summed E-state index contributed by atoms with van der Waals surface area (Å²) >= 11 is 6.30. The summed E-state index contributed by atoms with van der Waals surface area (Å²) in [4.78, 5) is 26.7. The van der Waals surface area contributed by atoms with Crippen molar-refractivity contribution >= 4 is 29.3 Å². The molecule has 1 aliphatic rings. The van der Waals surface area contributed by atoms with Gasteiger partial charge in [0.2, 0.25) is 5.91 Å². The van der Waals surface area contributed by atoms with Gasteiger partial charge in [-0.1, -0.05) is 24.1 Å². The normalized spacial score (nSPS) is 17.9. The number of carbonyl (C=O) groups is 2. The maximum Gasteiger partial charge on any atom is 0.407 e. The Bertz CT molecular complexity index is 692. The summed E-state index contributed by atoms with van der Waals surface area (Å²) in [6, 6.07) is 3.95. The van der Waals surface area contributed by atoms with E-state index in [1.165, 1.54) is 0 Å². The van der Waals surface area contributed by atoms with Gasteiger partial charge in [0.1, 0.15) is 5.60 Å². The molecule has 2 amide bonds. The highest BCUT2D eigenvalue weighted by Crippen LogP contribution is 2.27. The molecule has 7 heteroatoms. The van der Waals surface area contributed by atoms with Crippen LogP contribution in [-0.4, -0.2) is 48.2 Å². The fourth-order valence-corrected chi connectivity index (χ4v) is 3.82. The zero-order chi connectivity index (χ0) is 20.9. The monoisotopic (exact) mass is 409 g/mol. The first-order valence-electron chi connectivity index (χ1n) is 9.82. The van der Waals surface area contributed by atoms with Crippen molar-refractivity contribution in [1.82, 2.24) is 10.2 Å². The van der Waals surface area contributed by atoms with Gasteiger partial charge in [-0.2, -0.15) is 0 Å². The van der Waals surface area contributed by atoms with Gasteiger partial charge < -0.3 is 15.4 Å². The molecule has 1 aromatic rings. The Morgan fingerprint density at radius 3 is 2.61 bits per heavy atom. The van der Waals surface area contributed by atoms with Gasteiger partial charge in [-0.25, -0.2) is 4.79 Å². The van der Waals surface area contributed by atoms with Crippen molar-refractivity contribution in [3.63, 3.8) is 0 Å². The van der Waals surface area contributed by atoms with E-state index < -0.39 is 11.7 Å². The molecule has 1 saturated heterocycles. The van der Waals surface area contributed by atoms with Gasteiger partial charge in [0.25, 0.3) is 0 Å². The number of likely N-dealkylation sites (tertiary alicyclic amines) is 1. The lowest BCUT2D eigenvalue weighted by Crippen LogP contribution is -2.49. The Morgan fingerprint density at radius 2 is 1.96 bits per heavy atom. The van der Waals surface area contributed by atoms with Gasteiger partial charge in [0.15, 0.2) is 0 Å². The molecule has 2 N–H and O–H groups in total. The lowest BCUT2D eigenvalue weighted by molar-refractivity contribution is -0.118.